The second-order valence-corrected chi connectivity index (χ2v) is 7.93. The predicted molar refractivity (Wildman–Crippen MR) is 104 cm³/mol. The fourth-order valence-corrected chi connectivity index (χ4v) is 4.71. The van der Waals surface area contributed by atoms with Gasteiger partial charge in [0.1, 0.15) is 10.8 Å². The van der Waals surface area contributed by atoms with E-state index in [1.54, 1.807) is 42.7 Å². The minimum atomic E-state index is -0.0603. The number of hydrogen-bond acceptors (Lipinski definition) is 5. The van der Waals surface area contributed by atoms with Crippen molar-refractivity contribution in [2.45, 2.75) is 25.7 Å². The van der Waals surface area contributed by atoms with Crippen molar-refractivity contribution in [3.05, 3.63) is 45.8 Å². The molecule has 1 heterocycles. The molecule has 25 heavy (non-hydrogen) atoms. The van der Waals surface area contributed by atoms with Gasteiger partial charge in [-0.2, -0.15) is 11.8 Å². The number of carbonyl (C=O) groups is 2. The van der Waals surface area contributed by atoms with Gasteiger partial charge in [-0.1, -0.05) is 0 Å². The van der Waals surface area contributed by atoms with Crippen molar-refractivity contribution in [1.29, 1.82) is 0 Å². The van der Waals surface area contributed by atoms with E-state index in [1.165, 1.54) is 16.6 Å². The summed E-state index contributed by atoms with van der Waals surface area (Å²) < 4.78 is 5.16. The Bertz CT molecular complexity index is 781. The molecule has 0 bridgehead atoms. The molecule has 2 aromatic rings. The van der Waals surface area contributed by atoms with Gasteiger partial charge in [-0.3, -0.25) is 9.59 Å². The van der Waals surface area contributed by atoms with Crippen LogP contribution in [-0.2, 0) is 17.6 Å². The summed E-state index contributed by atoms with van der Waals surface area (Å²) in [5.41, 5.74) is 2.42. The number of nitrogens with one attached hydrogen (secondary N) is 1. The van der Waals surface area contributed by atoms with Gasteiger partial charge in [0.05, 0.1) is 18.4 Å². The third-order valence-corrected chi connectivity index (χ3v) is 6.04. The second-order valence-electron chi connectivity index (χ2n) is 5.95. The number of carbonyl (C=O) groups excluding carboxylic acids is 2. The molecular formula is C19H21NO3S2. The minimum Gasteiger partial charge on any atom is -0.497 e. The van der Waals surface area contributed by atoms with Crippen LogP contribution in [0.25, 0.3) is 0 Å². The average Bonchev–Trinajstić information content (AvgIpc) is 2.99. The maximum absolute atomic E-state index is 13.1. The number of rotatable bonds is 6. The smallest absolute Gasteiger partial charge is 0.234 e. The number of ether oxygens (including phenoxy) is 1. The number of thiophene rings is 1. The molecular weight excluding hydrogens is 354 g/mol. The maximum Gasteiger partial charge on any atom is 0.234 e. The molecule has 1 amide bonds. The first-order chi connectivity index (χ1) is 12.1. The lowest BCUT2D eigenvalue weighted by Gasteiger charge is -2.13. The first-order valence-corrected chi connectivity index (χ1v) is 10.5. The molecule has 1 aromatic heterocycles. The second kappa shape index (κ2) is 8.06. The first-order valence-electron chi connectivity index (χ1n) is 8.26. The van der Waals surface area contributed by atoms with Crippen LogP contribution in [0.15, 0.2) is 24.3 Å². The van der Waals surface area contributed by atoms with Crippen LogP contribution in [0.4, 0.5) is 5.00 Å². The summed E-state index contributed by atoms with van der Waals surface area (Å²) in [6.45, 7) is 0. The fourth-order valence-electron chi connectivity index (χ4n) is 3.07. The van der Waals surface area contributed by atoms with Crippen LogP contribution < -0.4 is 10.1 Å². The number of benzene rings is 1. The topological polar surface area (TPSA) is 55.4 Å². The zero-order chi connectivity index (χ0) is 17.8. The molecule has 0 aliphatic heterocycles. The molecule has 1 aromatic carbocycles. The highest BCUT2D eigenvalue weighted by atomic mass is 32.2. The molecule has 1 aliphatic rings. The summed E-state index contributed by atoms with van der Waals surface area (Å²) in [7, 11) is 1.60. The highest BCUT2D eigenvalue weighted by molar-refractivity contribution is 7.99. The van der Waals surface area contributed by atoms with E-state index in [2.05, 4.69) is 5.32 Å². The Kier molecular flexibility index (Phi) is 5.81. The maximum atomic E-state index is 13.1. The molecule has 4 nitrogen and oxygen atoms in total. The lowest BCUT2D eigenvalue weighted by atomic mass is 9.92. The summed E-state index contributed by atoms with van der Waals surface area (Å²) in [5, 5.41) is 3.66. The van der Waals surface area contributed by atoms with E-state index in [1.807, 2.05) is 6.26 Å². The van der Waals surface area contributed by atoms with Gasteiger partial charge in [-0.25, -0.2) is 0 Å². The largest absolute Gasteiger partial charge is 0.497 e. The Hall–Kier alpha value is -1.79. The number of amides is 1. The van der Waals surface area contributed by atoms with E-state index in [4.69, 9.17) is 4.74 Å². The normalized spacial score (nSPS) is 13.2. The summed E-state index contributed by atoms with van der Waals surface area (Å²) in [6.07, 6.45) is 6.01. The van der Waals surface area contributed by atoms with Crippen molar-refractivity contribution >= 4 is 39.8 Å². The highest BCUT2D eigenvalue weighted by Crippen LogP contribution is 2.39. The summed E-state index contributed by atoms with van der Waals surface area (Å²) in [6, 6.07) is 7.14. The monoisotopic (exact) mass is 375 g/mol. The van der Waals surface area contributed by atoms with E-state index < -0.39 is 0 Å². The summed E-state index contributed by atoms with van der Waals surface area (Å²) >= 11 is 3.03. The Labute approximate surface area is 156 Å². The third-order valence-electron chi connectivity index (χ3n) is 4.28. The SMILES string of the molecule is COc1ccc(C(=O)c2c(NC(=O)CSC)sc3c2CCCC3)cc1. The number of hydrogen-bond donors (Lipinski definition) is 1. The molecule has 0 saturated heterocycles. The summed E-state index contributed by atoms with van der Waals surface area (Å²) in [5.74, 6) is 1.02. The van der Waals surface area contributed by atoms with Crippen molar-refractivity contribution in [2.75, 3.05) is 24.4 Å². The van der Waals surface area contributed by atoms with Crippen molar-refractivity contribution in [3.63, 3.8) is 0 Å². The van der Waals surface area contributed by atoms with Crippen LogP contribution in [0.1, 0.15) is 39.2 Å². The fraction of sp³-hybridized carbons (Fsp3) is 0.368. The molecule has 132 valence electrons. The van der Waals surface area contributed by atoms with Crippen LogP contribution in [0.5, 0.6) is 5.75 Å². The van der Waals surface area contributed by atoms with Gasteiger partial charge in [-0.05, 0) is 61.8 Å². The highest BCUT2D eigenvalue weighted by Gasteiger charge is 2.27. The number of fused-ring (bicyclic) bond motifs is 1. The van der Waals surface area contributed by atoms with E-state index in [9.17, 15) is 9.59 Å². The van der Waals surface area contributed by atoms with E-state index in [0.717, 1.165) is 37.0 Å². The number of aryl methyl sites for hydroxylation is 1. The molecule has 6 heteroatoms. The van der Waals surface area contributed by atoms with Crippen LogP contribution in [0.3, 0.4) is 0 Å². The molecule has 0 unspecified atom stereocenters. The van der Waals surface area contributed by atoms with Gasteiger partial charge in [0, 0.05) is 10.4 Å². The lowest BCUT2D eigenvalue weighted by molar-refractivity contribution is -0.113. The number of anilines is 1. The number of methoxy groups -OCH3 is 1. The lowest BCUT2D eigenvalue weighted by Crippen LogP contribution is -2.16. The quantitative estimate of drug-likeness (QED) is 0.770. The Morgan fingerprint density at radius 2 is 1.92 bits per heavy atom. The zero-order valence-corrected chi connectivity index (χ0v) is 16.0. The number of thioether (sulfide) groups is 1. The van der Waals surface area contributed by atoms with Crippen LogP contribution in [-0.4, -0.2) is 30.8 Å². The molecule has 0 fully saturated rings. The van der Waals surface area contributed by atoms with E-state index >= 15 is 0 Å². The third kappa shape index (κ3) is 3.90. The standard InChI is InChI=1S/C19H21NO3S2/c1-23-13-9-7-12(8-10-13)18(22)17-14-5-3-4-6-15(14)25-19(17)20-16(21)11-24-2/h7-10H,3-6,11H2,1-2H3,(H,20,21). The van der Waals surface area contributed by atoms with Gasteiger partial charge in [0.25, 0.3) is 0 Å². The molecule has 1 aliphatic carbocycles. The van der Waals surface area contributed by atoms with Gasteiger partial charge in [-0.15, -0.1) is 11.3 Å². The Morgan fingerprint density at radius 3 is 2.60 bits per heavy atom. The van der Waals surface area contributed by atoms with Gasteiger partial charge >= 0.3 is 0 Å². The number of ketones is 1. The molecule has 3 rings (SSSR count). The molecule has 1 N–H and O–H groups in total. The predicted octanol–water partition coefficient (Wildman–Crippen LogP) is 4.17. The van der Waals surface area contributed by atoms with E-state index in [0.29, 0.717) is 21.9 Å². The van der Waals surface area contributed by atoms with Gasteiger partial charge in [0.15, 0.2) is 5.78 Å². The molecule has 0 spiro atoms. The Balaban J connectivity index is 1.98. The van der Waals surface area contributed by atoms with E-state index in [-0.39, 0.29) is 11.7 Å². The first kappa shape index (κ1) is 18.0. The average molecular weight is 376 g/mol. The molecule has 0 saturated carbocycles. The molecule has 0 radical (unpaired) electrons. The summed E-state index contributed by atoms with van der Waals surface area (Å²) in [4.78, 5) is 26.5. The van der Waals surface area contributed by atoms with Crippen molar-refractivity contribution in [3.8, 4) is 5.75 Å². The van der Waals surface area contributed by atoms with Crippen LogP contribution >= 0.6 is 23.1 Å². The zero-order valence-electron chi connectivity index (χ0n) is 14.4. The Morgan fingerprint density at radius 1 is 1.20 bits per heavy atom. The van der Waals surface area contributed by atoms with Gasteiger partial charge < -0.3 is 10.1 Å². The molecule has 0 atom stereocenters. The minimum absolute atomic E-state index is 0.0264. The van der Waals surface area contributed by atoms with Crippen molar-refractivity contribution in [2.24, 2.45) is 0 Å². The van der Waals surface area contributed by atoms with Crippen molar-refractivity contribution in [1.82, 2.24) is 0 Å². The van der Waals surface area contributed by atoms with Crippen LogP contribution in [0, 0.1) is 0 Å². The van der Waals surface area contributed by atoms with Gasteiger partial charge in [0.2, 0.25) is 5.91 Å². The van der Waals surface area contributed by atoms with Crippen LogP contribution in [0.2, 0.25) is 0 Å². The van der Waals surface area contributed by atoms with Crippen molar-refractivity contribution < 1.29 is 14.3 Å².